The molecular formula is C18H17N3O4. The maximum atomic E-state index is 11.6. The van der Waals surface area contributed by atoms with Gasteiger partial charge in [0.15, 0.2) is 5.69 Å². The maximum absolute atomic E-state index is 11.6. The summed E-state index contributed by atoms with van der Waals surface area (Å²) in [4.78, 5) is 15.0. The van der Waals surface area contributed by atoms with E-state index in [0.29, 0.717) is 12.0 Å². The summed E-state index contributed by atoms with van der Waals surface area (Å²) in [6.07, 6.45) is 0.348. The Morgan fingerprint density at radius 3 is 2.64 bits per heavy atom. The predicted molar refractivity (Wildman–Crippen MR) is 90.6 cm³/mol. The lowest BCUT2D eigenvalue weighted by atomic mass is 9.89. The van der Waals surface area contributed by atoms with Gasteiger partial charge >= 0.3 is 5.97 Å². The molecule has 128 valence electrons. The first-order valence-electron chi connectivity index (χ1n) is 7.97. The van der Waals surface area contributed by atoms with Crippen LogP contribution in [0.5, 0.6) is 0 Å². The maximum Gasteiger partial charge on any atom is 0.321 e. The molecule has 2 aromatic carbocycles. The van der Waals surface area contributed by atoms with Crippen LogP contribution in [0.3, 0.4) is 0 Å². The van der Waals surface area contributed by atoms with E-state index in [1.807, 2.05) is 24.3 Å². The van der Waals surface area contributed by atoms with E-state index in [2.05, 4.69) is 10.3 Å². The molecule has 3 unspecified atom stereocenters. The van der Waals surface area contributed by atoms with Crippen LogP contribution >= 0.6 is 0 Å². The highest BCUT2D eigenvalue weighted by molar-refractivity contribution is 5.87. The molecule has 2 heterocycles. The van der Waals surface area contributed by atoms with Gasteiger partial charge in [0.25, 0.3) is 0 Å². The standard InChI is InChI=1S/C18H17N3O4/c22-18(23)14-9-12-10-5-1-3-7-13(10)19-17(12)16(20-14)11-6-2-4-8-15(11)21(24)25/h1-8,14,16,19-21,24H,9H2,(H,22,23). The van der Waals surface area contributed by atoms with Crippen molar-refractivity contribution in [2.24, 2.45) is 0 Å². The summed E-state index contributed by atoms with van der Waals surface area (Å²) in [5, 5.41) is 33.7. The van der Waals surface area contributed by atoms with Gasteiger partial charge in [-0.25, -0.2) is 5.21 Å². The number of nitrogens with one attached hydrogen (secondary N) is 3. The number of para-hydroxylation sites is 2. The average molecular weight is 339 g/mol. The number of quaternary nitrogens is 1. The van der Waals surface area contributed by atoms with Crippen molar-refractivity contribution in [1.82, 2.24) is 10.3 Å². The summed E-state index contributed by atoms with van der Waals surface area (Å²) in [6.45, 7) is 0. The molecule has 0 aliphatic carbocycles. The number of hydrogen-bond donors (Lipinski definition) is 5. The fourth-order valence-corrected chi connectivity index (χ4v) is 3.58. The van der Waals surface area contributed by atoms with Gasteiger partial charge in [-0.05, 0) is 11.6 Å². The lowest BCUT2D eigenvalue weighted by Crippen LogP contribution is -2.99. The summed E-state index contributed by atoms with van der Waals surface area (Å²) in [5.74, 6) is -0.950. The SMILES string of the molecule is O=C(O)C1Cc2c([nH]c3ccccc23)C(c2ccccc2[NH+]([O-])O)N1. The van der Waals surface area contributed by atoms with Gasteiger partial charge in [-0.3, -0.25) is 10.1 Å². The Morgan fingerprint density at radius 1 is 1.16 bits per heavy atom. The van der Waals surface area contributed by atoms with E-state index in [9.17, 15) is 20.3 Å². The fourth-order valence-electron chi connectivity index (χ4n) is 3.58. The average Bonchev–Trinajstić information content (AvgIpc) is 2.99. The quantitative estimate of drug-likeness (QED) is 0.461. The molecule has 0 saturated heterocycles. The minimum Gasteiger partial charge on any atom is -0.595 e. The Balaban J connectivity index is 1.93. The Bertz CT molecular complexity index is 950. The molecule has 0 bridgehead atoms. The van der Waals surface area contributed by atoms with Crippen LogP contribution in [0.1, 0.15) is 22.9 Å². The van der Waals surface area contributed by atoms with Crippen LogP contribution < -0.4 is 10.5 Å². The Kier molecular flexibility index (Phi) is 3.78. The highest BCUT2D eigenvalue weighted by Crippen LogP contribution is 2.36. The van der Waals surface area contributed by atoms with Crippen molar-refractivity contribution in [3.63, 3.8) is 0 Å². The van der Waals surface area contributed by atoms with Gasteiger partial charge in [-0.2, -0.15) is 5.23 Å². The molecule has 3 aromatic rings. The second-order valence-corrected chi connectivity index (χ2v) is 6.15. The monoisotopic (exact) mass is 339 g/mol. The van der Waals surface area contributed by atoms with Gasteiger partial charge in [0.2, 0.25) is 0 Å². The Hall–Kier alpha value is -2.71. The summed E-state index contributed by atoms with van der Waals surface area (Å²) in [6, 6.07) is 13.1. The van der Waals surface area contributed by atoms with E-state index in [0.717, 1.165) is 22.2 Å². The normalized spacial score (nSPS) is 21.0. The number of carbonyl (C=O) groups is 1. The van der Waals surface area contributed by atoms with Crippen LogP contribution in [0.15, 0.2) is 48.5 Å². The van der Waals surface area contributed by atoms with Crippen molar-refractivity contribution < 1.29 is 20.3 Å². The van der Waals surface area contributed by atoms with Gasteiger partial charge in [0.1, 0.15) is 6.04 Å². The number of fused-ring (bicyclic) bond motifs is 3. The van der Waals surface area contributed by atoms with Crippen molar-refractivity contribution >= 4 is 22.6 Å². The van der Waals surface area contributed by atoms with Gasteiger partial charge in [-0.15, -0.1) is 0 Å². The first kappa shape index (κ1) is 15.8. The van der Waals surface area contributed by atoms with Crippen molar-refractivity contribution in [3.8, 4) is 0 Å². The third kappa shape index (κ3) is 2.59. The van der Waals surface area contributed by atoms with Crippen LogP contribution in [-0.2, 0) is 11.2 Å². The molecule has 7 nitrogen and oxygen atoms in total. The number of carboxylic acid groups (broad SMARTS) is 1. The number of aromatic nitrogens is 1. The second-order valence-electron chi connectivity index (χ2n) is 6.15. The molecule has 7 heteroatoms. The lowest BCUT2D eigenvalue weighted by molar-refractivity contribution is -0.991. The smallest absolute Gasteiger partial charge is 0.321 e. The predicted octanol–water partition coefficient (Wildman–Crippen LogP) is 1.26. The number of carboxylic acids is 1. The summed E-state index contributed by atoms with van der Waals surface area (Å²) < 4.78 is 0. The van der Waals surface area contributed by atoms with Crippen molar-refractivity contribution in [2.75, 3.05) is 0 Å². The van der Waals surface area contributed by atoms with E-state index in [1.54, 1.807) is 18.2 Å². The first-order chi connectivity index (χ1) is 12.1. The zero-order valence-corrected chi connectivity index (χ0v) is 13.2. The molecule has 0 radical (unpaired) electrons. The molecule has 0 fully saturated rings. The highest BCUT2D eigenvalue weighted by atomic mass is 16.8. The third-order valence-electron chi connectivity index (χ3n) is 4.71. The Labute approximate surface area is 143 Å². The number of rotatable bonds is 3. The fraction of sp³-hybridized carbons (Fsp3) is 0.167. The summed E-state index contributed by atoms with van der Waals surface area (Å²) >= 11 is 0. The van der Waals surface area contributed by atoms with Crippen molar-refractivity contribution in [1.29, 1.82) is 0 Å². The largest absolute Gasteiger partial charge is 0.595 e. The van der Waals surface area contributed by atoms with Gasteiger partial charge in [0.05, 0.1) is 6.04 Å². The molecule has 4 rings (SSSR count). The molecule has 1 aliphatic heterocycles. The molecule has 1 aliphatic rings. The van der Waals surface area contributed by atoms with E-state index >= 15 is 0 Å². The van der Waals surface area contributed by atoms with Crippen molar-refractivity contribution in [2.45, 2.75) is 18.5 Å². The molecule has 0 amide bonds. The van der Waals surface area contributed by atoms with Gasteiger partial charge in [-0.1, -0.05) is 36.4 Å². The van der Waals surface area contributed by atoms with Crippen LogP contribution in [0.25, 0.3) is 10.9 Å². The number of benzene rings is 2. The number of aromatic amines is 1. The van der Waals surface area contributed by atoms with E-state index in [1.165, 1.54) is 6.07 Å². The van der Waals surface area contributed by atoms with Crippen LogP contribution in [-0.4, -0.2) is 27.3 Å². The third-order valence-corrected chi connectivity index (χ3v) is 4.71. The summed E-state index contributed by atoms with van der Waals surface area (Å²) in [7, 11) is 0. The van der Waals surface area contributed by atoms with E-state index < -0.39 is 23.3 Å². The zero-order chi connectivity index (χ0) is 17.6. The van der Waals surface area contributed by atoms with Gasteiger partial charge < -0.3 is 15.3 Å². The molecule has 25 heavy (non-hydrogen) atoms. The first-order valence-corrected chi connectivity index (χ1v) is 7.97. The second kappa shape index (κ2) is 5.98. The topological polar surface area (TPSA) is 113 Å². The molecule has 0 spiro atoms. The minimum atomic E-state index is -1.03. The van der Waals surface area contributed by atoms with Crippen LogP contribution in [0.2, 0.25) is 0 Å². The molecule has 3 atom stereocenters. The zero-order valence-electron chi connectivity index (χ0n) is 13.2. The lowest BCUT2D eigenvalue weighted by Gasteiger charge is -2.30. The molecular weight excluding hydrogens is 322 g/mol. The molecule has 0 saturated carbocycles. The van der Waals surface area contributed by atoms with Crippen molar-refractivity contribution in [3.05, 3.63) is 70.6 Å². The molecule has 5 N–H and O–H groups in total. The van der Waals surface area contributed by atoms with Gasteiger partial charge in [0, 0.05) is 34.6 Å². The number of hydrogen-bond acceptors (Lipinski definition) is 4. The highest BCUT2D eigenvalue weighted by Gasteiger charge is 2.35. The number of aliphatic carboxylic acids is 1. The van der Waals surface area contributed by atoms with E-state index in [4.69, 9.17) is 0 Å². The van der Waals surface area contributed by atoms with Crippen LogP contribution in [0.4, 0.5) is 5.69 Å². The molecule has 1 aromatic heterocycles. The summed E-state index contributed by atoms with van der Waals surface area (Å²) in [5.41, 5.74) is 3.38. The van der Waals surface area contributed by atoms with E-state index in [-0.39, 0.29) is 5.69 Å². The van der Waals surface area contributed by atoms with Crippen LogP contribution in [0, 0.1) is 5.21 Å². The number of H-pyrrole nitrogens is 1. The minimum absolute atomic E-state index is 0.163. The Morgan fingerprint density at radius 2 is 1.88 bits per heavy atom.